The molecule has 0 aromatic carbocycles. The maximum Gasteiger partial charge on any atom is 0.415 e. The topological polar surface area (TPSA) is 118 Å². The summed E-state index contributed by atoms with van der Waals surface area (Å²) in [5, 5.41) is 3.35. The number of amides is 1. The maximum absolute atomic E-state index is 13.0. The first kappa shape index (κ1) is 27.0. The van der Waals surface area contributed by atoms with Crippen molar-refractivity contribution in [3.05, 3.63) is 47.5 Å². The van der Waals surface area contributed by atoms with Crippen molar-refractivity contribution in [3.8, 4) is 5.88 Å². The summed E-state index contributed by atoms with van der Waals surface area (Å²) >= 11 is 0. The Kier molecular flexibility index (Phi) is 7.24. The van der Waals surface area contributed by atoms with Crippen LogP contribution in [0.15, 0.2) is 30.7 Å². The van der Waals surface area contributed by atoms with E-state index in [0.717, 1.165) is 60.1 Å². The summed E-state index contributed by atoms with van der Waals surface area (Å²) in [4.78, 5) is 37.7. The van der Waals surface area contributed by atoms with Gasteiger partial charge in [0, 0.05) is 49.3 Å². The van der Waals surface area contributed by atoms with Gasteiger partial charge in [0.15, 0.2) is 0 Å². The van der Waals surface area contributed by atoms with Gasteiger partial charge in [0.2, 0.25) is 11.8 Å². The van der Waals surface area contributed by atoms with Crippen LogP contribution in [0, 0.1) is 6.92 Å². The second-order valence-electron chi connectivity index (χ2n) is 11.4. The number of morpholine rings is 1. The molecule has 12 nitrogen and oxygen atoms in total. The molecule has 41 heavy (non-hydrogen) atoms. The molecule has 0 radical (unpaired) electrons. The number of fused-ring (bicyclic) bond motifs is 2. The Morgan fingerprint density at radius 1 is 1.02 bits per heavy atom. The second kappa shape index (κ2) is 11.0. The summed E-state index contributed by atoms with van der Waals surface area (Å²) < 4.78 is 17.0. The molecular formula is C29H36N8O4. The zero-order chi connectivity index (χ0) is 28.6. The van der Waals surface area contributed by atoms with Gasteiger partial charge < -0.3 is 29.3 Å². The molecule has 1 saturated heterocycles. The first-order chi connectivity index (χ1) is 19.7. The number of nitrogens with zero attached hydrogens (tertiary/aromatic N) is 7. The molecule has 6 rings (SSSR count). The lowest BCUT2D eigenvalue weighted by Gasteiger charge is -2.35. The van der Waals surface area contributed by atoms with E-state index in [1.54, 1.807) is 11.1 Å². The van der Waals surface area contributed by atoms with Crippen LogP contribution in [0.25, 0.3) is 0 Å². The van der Waals surface area contributed by atoms with Crippen LogP contribution in [0.1, 0.15) is 37.6 Å². The van der Waals surface area contributed by atoms with Gasteiger partial charge in [-0.15, -0.1) is 0 Å². The van der Waals surface area contributed by atoms with Gasteiger partial charge >= 0.3 is 6.09 Å². The van der Waals surface area contributed by atoms with E-state index in [1.807, 2.05) is 52.2 Å². The average molecular weight is 561 g/mol. The Bertz CT molecular complexity index is 1440. The number of ether oxygens (including phenoxy) is 3. The number of carbonyl (C=O) groups is 1. The molecule has 3 aliphatic rings. The molecule has 6 heterocycles. The Balaban J connectivity index is 1.22. The van der Waals surface area contributed by atoms with Gasteiger partial charge in [-0.2, -0.15) is 0 Å². The number of carbonyl (C=O) groups excluding carboxylic acids is 1. The van der Waals surface area contributed by atoms with Gasteiger partial charge in [-0.3, -0.25) is 4.90 Å². The molecule has 0 spiro atoms. The van der Waals surface area contributed by atoms with E-state index in [1.165, 1.54) is 0 Å². The zero-order valence-corrected chi connectivity index (χ0v) is 24.0. The molecule has 216 valence electrons. The van der Waals surface area contributed by atoms with Gasteiger partial charge in [0.25, 0.3) is 0 Å². The predicted molar refractivity (Wildman–Crippen MR) is 155 cm³/mol. The molecule has 1 N–H and O–H groups in total. The number of pyridine rings is 2. The second-order valence-corrected chi connectivity index (χ2v) is 11.4. The summed E-state index contributed by atoms with van der Waals surface area (Å²) in [6, 6.07) is 3.93. The fourth-order valence-corrected chi connectivity index (χ4v) is 5.31. The molecular weight excluding hydrogens is 524 g/mol. The maximum atomic E-state index is 13.0. The van der Waals surface area contributed by atoms with Gasteiger partial charge in [-0.1, -0.05) is 0 Å². The molecule has 0 bridgehead atoms. The van der Waals surface area contributed by atoms with Crippen LogP contribution >= 0.6 is 0 Å². The zero-order valence-electron chi connectivity index (χ0n) is 24.0. The first-order valence-electron chi connectivity index (χ1n) is 14.0. The lowest BCUT2D eigenvalue weighted by molar-refractivity contribution is 0.0566. The molecule has 1 fully saturated rings. The van der Waals surface area contributed by atoms with Crippen LogP contribution in [-0.4, -0.2) is 77.6 Å². The molecule has 0 saturated carbocycles. The van der Waals surface area contributed by atoms with Crippen molar-refractivity contribution in [1.82, 2.24) is 19.9 Å². The normalized spacial score (nSPS) is 16.9. The molecule has 0 aliphatic carbocycles. The molecule has 12 heteroatoms. The average Bonchev–Trinajstić information content (AvgIpc) is 2.96. The van der Waals surface area contributed by atoms with Crippen molar-refractivity contribution in [2.45, 2.75) is 46.3 Å². The fourth-order valence-electron chi connectivity index (χ4n) is 5.31. The third-order valence-corrected chi connectivity index (χ3v) is 7.31. The molecule has 1 amide bonds. The number of hydrogen-bond acceptors (Lipinski definition) is 11. The summed E-state index contributed by atoms with van der Waals surface area (Å²) in [7, 11) is 0. The molecule has 0 unspecified atom stereocenters. The van der Waals surface area contributed by atoms with Crippen molar-refractivity contribution in [3.63, 3.8) is 0 Å². The Morgan fingerprint density at radius 3 is 2.66 bits per heavy atom. The van der Waals surface area contributed by atoms with Crippen LogP contribution in [0.3, 0.4) is 0 Å². The third-order valence-electron chi connectivity index (χ3n) is 7.31. The van der Waals surface area contributed by atoms with Gasteiger partial charge in [-0.25, -0.2) is 24.7 Å². The van der Waals surface area contributed by atoms with E-state index in [-0.39, 0.29) is 0 Å². The molecule has 3 aromatic rings. The number of hydrogen-bond donors (Lipinski definition) is 1. The molecule has 3 aliphatic heterocycles. The number of anilines is 5. The molecule has 0 atom stereocenters. The number of rotatable bonds is 4. The minimum Gasteiger partial charge on any atom is -0.474 e. The fraction of sp³-hybridized carbons (Fsp3) is 0.483. The summed E-state index contributed by atoms with van der Waals surface area (Å²) in [5.74, 6) is 1.89. The third kappa shape index (κ3) is 5.83. The highest BCUT2D eigenvalue weighted by Gasteiger charge is 2.32. The van der Waals surface area contributed by atoms with Crippen LogP contribution in [0.5, 0.6) is 5.88 Å². The van der Waals surface area contributed by atoms with E-state index < -0.39 is 11.7 Å². The minimum absolute atomic E-state index is 0.368. The predicted octanol–water partition coefficient (Wildman–Crippen LogP) is 3.85. The van der Waals surface area contributed by atoms with E-state index in [4.69, 9.17) is 19.2 Å². The van der Waals surface area contributed by atoms with E-state index in [9.17, 15) is 4.79 Å². The first-order valence-corrected chi connectivity index (χ1v) is 14.0. The highest BCUT2D eigenvalue weighted by atomic mass is 16.6. The van der Waals surface area contributed by atoms with Crippen LogP contribution < -0.4 is 24.8 Å². The van der Waals surface area contributed by atoms with E-state index >= 15 is 0 Å². The van der Waals surface area contributed by atoms with Crippen molar-refractivity contribution < 1.29 is 19.0 Å². The summed E-state index contributed by atoms with van der Waals surface area (Å²) in [6.07, 6.45) is 5.92. The highest BCUT2D eigenvalue weighted by Crippen LogP contribution is 2.39. The molecule has 3 aromatic heterocycles. The quantitative estimate of drug-likeness (QED) is 0.501. The smallest absolute Gasteiger partial charge is 0.415 e. The lowest BCUT2D eigenvalue weighted by atomic mass is 10.0. The van der Waals surface area contributed by atoms with Gasteiger partial charge in [0.1, 0.15) is 23.7 Å². The Morgan fingerprint density at radius 2 is 1.85 bits per heavy atom. The van der Waals surface area contributed by atoms with Crippen LogP contribution in [-0.2, 0) is 22.4 Å². The Labute approximate surface area is 239 Å². The summed E-state index contributed by atoms with van der Waals surface area (Å²) in [6.45, 7) is 12.8. The van der Waals surface area contributed by atoms with Crippen molar-refractivity contribution >= 4 is 34.9 Å². The standard InChI is InChI=1S/C29H36N8O4/c1-19-23(17-31-26-25(19)37(11-14-40-26)28(38)41-29(2,3)4)36-8-6-20-16-32-27(34-22(20)18-36)33-21-5-7-30-24(15-21)35-9-12-39-13-10-35/h5,7,15-17H,6,8-14,18H2,1-4H3,(H,30,32,33,34). The van der Waals surface area contributed by atoms with Crippen LogP contribution in [0.2, 0.25) is 0 Å². The van der Waals surface area contributed by atoms with E-state index in [0.29, 0.717) is 50.4 Å². The summed E-state index contributed by atoms with van der Waals surface area (Å²) in [5.41, 5.74) is 4.87. The van der Waals surface area contributed by atoms with Crippen molar-refractivity contribution in [2.24, 2.45) is 0 Å². The largest absolute Gasteiger partial charge is 0.474 e. The number of nitrogens with one attached hydrogen (secondary N) is 1. The van der Waals surface area contributed by atoms with E-state index in [2.05, 4.69) is 30.1 Å². The monoisotopic (exact) mass is 560 g/mol. The minimum atomic E-state index is -0.600. The van der Waals surface area contributed by atoms with Crippen molar-refractivity contribution in [1.29, 1.82) is 0 Å². The van der Waals surface area contributed by atoms with Gasteiger partial charge in [0.05, 0.1) is 43.9 Å². The van der Waals surface area contributed by atoms with Gasteiger partial charge in [-0.05, 0) is 45.7 Å². The SMILES string of the molecule is Cc1c(N2CCc3cnc(Nc4ccnc(N5CCOCC5)c4)nc3C2)cnc2c1N(C(=O)OC(C)(C)C)CCO2. The Hall–Kier alpha value is -4.19. The number of aromatic nitrogens is 4. The van der Waals surface area contributed by atoms with Crippen molar-refractivity contribution in [2.75, 3.05) is 66.0 Å². The lowest BCUT2D eigenvalue weighted by Crippen LogP contribution is -2.42. The highest BCUT2D eigenvalue weighted by molar-refractivity contribution is 5.92. The van der Waals surface area contributed by atoms with Crippen LogP contribution in [0.4, 0.5) is 33.6 Å².